The average molecular weight is 533 g/mol. The number of piperazine rings is 1. The smallest absolute Gasteiger partial charge is 0.352 e. The van der Waals surface area contributed by atoms with Crippen LogP contribution in [0, 0.1) is 11.3 Å². The standard InChI is InChI=1S/C24H27F3N8OS/c1-14-11-33(6-7-34(14)20(36)23(4)5-8-37-23)18-16-19(31-13-30-18)35(12-22(16,2)3)21-29-10-15(9-28)17(32-21)24(25,26)27/h10,13-14H,5-8,11-12H2,1-4H3. The van der Waals surface area contributed by atoms with Gasteiger partial charge in [0.15, 0.2) is 5.69 Å². The van der Waals surface area contributed by atoms with Crippen molar-refractivity contribution in [3.8, 4) is 6.07 Å². The van der Waals surface area contributed by atoms with E-state index in [2.05, 4.69) is 24.8 Å². The van der Waals surface area contributed by atoms with Crippen molar-refractivity contribution in [1.29, 1.82) is 5.26 Å². The summed E-state index contributed by atoms with van der Waals surface area (Å²) >= 11 is 1.70. The molecular weight excluding hydrogens is 505 g/mol. The number of amides is 1. The minimum absolute atomic E-state index is 0.0262. The average Bonchev–Trinajstić information content (AvgIpc) is 3.12. The number of aromatic nitrogens is 4. The van der Waals surface area contributed by atoms with E-state index in [-0.39, 0.29) is 22.6 Å². The van der Waals surface area contributed by atoms with Gasteiger partial charge in [-0.15, -0.1) is 11.8 Å². The molecule has 1 amide bonds. The quantitative estimate of drug-likeness (QED) is 0.588. The molecular formula is C24H27F3N8OS. The van der Waals surface area contributed by atoms with Crippen LogP contribution in [-0.4, -0.2) is 73.5 Å². The van der Waals surface area contributed by atoms with Crippen LogP contribution in [0.5, 0.6) is 0 Å². The van der Waals surface area contributed by atoms with E-state index in [4.69, 9.17) is 5.26 Å². The Hall–Kier alpha value is -3.14. The summed E-state index contributed by atoms with van der Waals surface area (Å²) in [6.07, 6.45) is -1.61. The van der Waals surface area contributed by atoms with Crippen molar-refractivity contribution in [3.05, 3.63) is 29.3 Å². The number of thioether (sulfide) groups is 1. The maximum atomic E-state index is 13.6. The molecule has 2 aromatic heterocycles. The van der Waals surface area contributed by atoms with Crippen LogP contribution in [0.1, 0.15) is 50.9 Å². The Bertz CT molecular complexity index is 1290. The number of fused-ring (bicyclic) bond motifs is 1. The summed E-state index contributed by atoms with van der Waals surface area (Å²) in [6, 6.07) is 1.49. The van der Waals surface area contributed by atoms with Crippen LogP contribution < -0.4 is 9.80 Å². The van der Waals surface area contributed by atoms with Gasteiger partial charge in [-0.1, -0.05) is 13.8 Å². The van der Waals surface area contributed by atoms with Crippen LogP contribution in [0.4, 0.5) is 30.8 Å². The highest BCUT2D eigenvalue weighted by Gasteiger charge is 2.47. The molecule has 9 nitrogen and oxygen atoms in total. The normalized spacial score (nSPS) is 24.9. The number of alkyl halides is 3. The molecule has 2 aromatic rings. The molecule has 5 heterocycles. The van der Waals surface area contributed by atoms with Gasteiger partial charge in [0.2, 0.25) is 11.9 Å². The lowest BCUT2D eigenvalue weighted by Gasteiger charge is -2.46. The van der Waals surface area contributed by atoms with Gasteiger partial charge < -0.3 is 9.80 Å². The third-order valence-electron chi connectivity index (χ3n) is 7.34. The Morgan fingerprint density at radius 1 is 1.19 bits per heavy atom. The highest BCUT2D eigenvalue weighted by molar-refractivity contribution is 8.02. The summed E-state index contributed by atoms with van der Waals surface area (Å²) < 4.78 is 40.3. The van der Waals surface area contributed by atoms with Gasteiger partial charge in [-0.05, 0) is 26.0 Å². The van der Waals surface area contributed by atoms with E-state index >= 15 is 0 Å². The van der Waals surface area contributed by atoms with Gasteiger partial charge in [-0.2, -0.15) is 18.4 Å². The number of anilines is 3. The molecule has 0 bridgehead atoms. The topological polar surface area (TPSA) is 102 Å². The summed E-state index contributed by atoms with van der Waals surface area (Å²) in [6.45, 7) is 10.0. The SMILES string of the molecule is CC1CN(c2ncnc3c2C(C)(C)CN3c2ncc(C#N)c(C(F)(F)F)n2)CCN1C(=O)C1(C)CCS1. The second-order valence-electron chi connectivity index (χ2n) is 10.5. The fourth-order valence-corrected chi connectivity index (χ4v) is 6.32. The molecule has 0 saturated carbocycles. The zero-order chi connectivity index (χ0) is 26.8. The van der Waals surface area contributed by atoms with Crippen molar-refractivity contribution in [2.24, 2.45) is 0 Å². The Morgan fingerprint density at radius 2 is 1.89 bits per heavy atom. The number of carbonyl (C=O) groups excluding carboxylic acids is 1. The van der Waals surface area contributed by atoms with Crippen LogP contribution in [0.2, 0.25) is 0 Å². The van der Waals surface area contributed by atoms with E-state index in [0.717, 1.165) is 23.9 Å². The summed E-state index contributed by atoms with van der Waals surface area (Å²) in [4.78, 5) is 35.5. The maximum Gasteiger partial charge on any atom is 0.434 e. The Labute approximate surface area is 217 Å². The van der Waals surface area contributed by atoms with Gasteiger partial charge >= 0.3 is 6.18 Å². The second kappa shape index (κ2) is 8.72. The minimum Gasteiger partial charge on any atom is -0.352 e. The monoisotopic (exact) mass is 532 g/mol. The number of nitrogens with zero attached hydrogens (tertiary/aromatic N) is 8. The molecule has 196 valence electrons. The first-order valence-electron chi connectivity index (χ1n) is 12.0. The second-order valence-corrected chi connectivity index (χ2v) is 12.1. The molecule has 3 aliphatic heterocycles. The molecule has 5 rings (SSSR count). The number of halogens is 3. The fourth-order valence-electron chi connectivity index (χ4n) is 5.26. The number of carbonyl (C=O) groups is 1. The number of hydrogen-bond acceptors (Lipinski definition) is 9. The zero-order valence-electron chi connectivity index (χ0n) is 21.0. The lowest BCUT2D eigenvalue weighted by molar-refractivity contribution is -0.141. The van der Waals surface area contributed by atoms with Crippen LogP contribution in [0.15, 0.2) is 12.5 Å². The molecule has 0 aromatic carbocycles. The van der Waals surface area contributed by atoms with Crippen molar-refractivity contribution in [3.63, 3.8) is 0 Å². The Morgan fingerprint density at radius 3 is 2.49 bits per heavy atom. The van der Waals surface area contributed by atoms with Gasteiger partial charge in [0.1, 0.15) is 29.6 Å². The van der Waals surface area contributed by atoms with Gasteiger partial charge in [0.05, 0.1) is 10.9 Å². The van der Waals surface area contributed by atoms with Crippen molar-refractivity contribution >= 4 is 35.3 Å². The van der Waals surface area contributed by atoms with E-state index in [0.29, 0.717) is 37.8 Å². The van der Waals surface area contributed by atoms with Crippen molar-refractivity contribution in [2.75, 3.05) is 41.7 Å². The first-order valence-corrected chi connectivity index (χ1v) is 13.0. The Kier molecular flexibility index (Phi) is 6.01. The summed E-state index contributed by atoms with van der Waals surface area (Å²) in [5, 5.41) is 9.10. The van der Waals surface area contributed by atoms with Gasteiger partial charge in [-0.3, -0.25) is 9.69 Å². The summed E-state index contributed by atoms with van der Waals surface area (Å²) in [7, 11) is 0. The molecule has 13 heteroatoms. The third-order valence-corrected chi connectivity index (χ3v) is 8.76. The van der Waals surface area contributed by atoms with Crippen molar-refractivity contribution < 1.29 is 18.0 Å². The van der Waals surface area contributed by atoms with Crippen LogP contribution in [0.3, 0.4) is 0 Å². The van der Waals surface area contributed by atoms with Gasteiger partial charge in [0, 0.05) is 43.2 Å². The molecule has 0 aliphatic carbocycles. The van der Waals surface area contributed by atoms with E-state index in [1.165, 1.54) is 12.4 Å². The van der Waals surface area contributed by atoms with E-state index in [1.807, 2.05) is 32.6 Å². The molecule has 2 unspecified atom stereocenters. The van der Waals surface area contributed by atoms with E-state index in [1.54, 1.807) is 16.7 Å². The zero-order valence-corrected chi connectivity index (χ0v) is 21.8. The third kappa shape index (κ3) is 4.24. The minimum atomic E-state index is -4.79. The van der Waals surface area contributed by atoms with E-state index in [9.17, 15) is 18.0 Å². The number of rotatable bonds is 3. The van der Waals surface area contributed by atoms with Gasteiger partial charge in [0.25, 0.3) is 0 Å². The highest BCUT2D eigenvalue weighted by atomic mass is 32.2. The predicted octanol–water partition coefficient (Wildman–Crippen LogP) is 3.52. The number of nitriles is 1. The predicted molar refractivity (Wildman–Crippen MR) is 133 cm³/mol. The van der Waals surface area contributed by atoms with Crippen LogP contribution in [0.25, 0.3) is 0 Å². The van der Waals surface area contributed by atoms with Crippen molar-refractivity contribution in [1.82, 2.24) is 24.8 Å². The maximum absolute atomic E-state index is 13.6. The largest absolute Gasteiger partial charge is 0.434 e. The number of hydrogen-bond donors (Lipinski definition) is 0. The molecule has 37 heavy (non-hydrogen) atoms. The molecule has 2 saturated heterocycles. The first-order chi connectivity index (χ1) is 17.4. The summed E-state index contributed by atoms with van der Waals surface area (Å²) in [5.41, 5.74) is -1.62. The Balaban J connectivity index is 1.46. The lowest BCUT2D eigenvalue weighted by Crippen LogP contribution is -2.60. The molecule has 0 N–H and O–H groups in total. The van der Waals surface area contributed by atoms with Crippen LogP contribution in [-0.2, 0) is 16.4 Å². The first kappa shape index (κ1) is 25.5. The highest BCUT2D eigenvalue weighted by Crippen LogP contribution is 2.47. The fraction of sp³-hybridized carbons (Fsp3) is 0.583. The molecule has 0 spiro atoms. The molecule has 0 radical (unpaired) electrons. The van der Waals surface area contributed by atoms with Crippen molar-refractivity contribution in [2.45, 2.75) is 56.5 Å². The summed E-state index contributed by atoms with van der Waals surface area (Å²) in [5.74, 6) is 2.15. The lowest BCUT2D eigenvalue weighted by atomic mass is 9.87. The molecule has 2 fully saturated rings. The molecule has 3 aliphatic rings. The molecule has 2 atom stereocenters. The van der Waals surface area contributed by atoms with Crippen LogP contribution >= 0.6 is 11.8 Å². The van der Waals surface area contributed by atoms with Gasteiger partial charge in [-0.25, -0.2) is 19.9 Å². The van der Waals surface area contributed by atoms with E-state index < -0.39 is 22.8 Å².